The Bertz CT molecular complexity index is 735. The molecule has 2 saturated heterocycles. The molecule has 0 bridgehead atoms. The Labute approximate surface area is 139 Å². The second-order valence-electron chi connectivity index (χ2n) is 5.86. The molecule has 2 aliphatic heterocycles. The second-order valence-corrected chi connectivity index (χ2v) is 5.86. The maximum Gasteiger partial charge on any atom is 0.335 e. The third-order valence-corrected chi connectivity index (χ3v) is 4.21. The largest absolute Gasteiger partial charge is 0.378 e. The van der Waals surface area contributed by atoms with Crippen molar-refractivity contribution in [3.63, 3.8) is 0 Å². The van der Waals surface area contributed by atoms with E-state index in [1.807, 2.05) is 24.8 Å². The standard InChI is InChI=1S/C17H19N3O4/c1-11-3-4-13(9-12(11)2)20-16(22)14(15(21)18-17(20)23)10-19-5-7-24-8-6-19/h3-4,9-10H,5-8H2,1-2H3,(H,18,21,23). The molecule has 4 amide bonds. The molecule has 126 valence electrons. The Kier molecular flexibility index (Phi) is 4.35. The fourth-order valence-corrected chi connectivity index (χ4v) is 2.63. The number of hydrogen-bond acceptors (Lipinski definition) is 5. The van der Waals surface area contributed by atoms with Crippen LogP contribution in [0.4, 0.5) is 10.5 Å². The molecule has 0 saturated carbocycles. The predicted molar refractivity (Wildman–Crippen MR) is 87.4 cm³/mol. The smallest absolute Gasteiger partial charge is 0.335 e. The van der Waals surface area contributed by atoms with E-state index >= 15 is 0 Å². The summed E-state index contributed by atoms with van der Waals surface area (Å²) in [4.78, 5) is 39.8. The number of hydrogen-bond donors (Lipinski definition) is 1. The van der Waals surface area contributed by atoms with E-state index in [1.165, 1.54) is 6.20 Å². The van der Waals surface area contributed by atoms with Crippen LogP contribution in [0.15, 0.2) is 30.0 Å². The SMILES string of the molecule is Cc1ccc(N2C(=O)NC(=O)C(=CN3CCOCC3)C2=O)cc1C. The molecule has 7 heteroatoms. The van der Waals surface area contributed by atoms with E-state index in [4.69, 9.17) is 4.74 Å². The van der Waals surface area contributed by atoms with Crippen molar-refractivity contribution in [3.8, 4) is 0 Å². The average molecular weight is 329 g/mol. The maximum absolute atomic E-state index is 12.7. The van der Waals surface area contributed by atoms with E-state index in [2.05, 4.69) is 5.32 Å². The van der Waals surface area contributed by atoms with Crippen molar-refractivity contribution in [2.75, 3.05) is 31.2 Å². The molecular formula is C17H19N3O4. The number of urea groups is 1. The monoisotopic (exact) mass is 329 g/mol. The van der Waals surface area contributed by atoms with E-state index < -0.39 is 17.8 Å². The number of benzene rings is 1. The van der Waals surface area contributed by atoms with Gasteiger partial charge in [-0.2, -0.15) is 0 Å². The van der Waals surface area contributed by atoms with Crippen LogP contribution in [0, 0.1) is 13.8 Å². The third-order valence-electron chi connectivity index (χ3n) is 4.21. The van der Waals surface area contributed by atoms with Gasteiger partial charge in [0.2, 0.25) is 0 Å². The molecule has 24 heavy (non-hydrogen) atoms. The van der Waals surface area contributed by atoms with Crippen LogP contribution in [-0.4, -0.2) is 49.0 Å². The average Bonchev–Trinajstić information content (AvgIpc) is 2.55. The van der Waals surface area contributed by atoms with Crippen LogP contribution in [0.3, 0.4) is 0 Å². The molecule has 0 radical (unpaired) electrons. The van der Waals surface area contributed by atoms with Gasteiger partial charge in [0.05, 0.1) is 18.9 Å². The Hall–Kier alpha value is -2.67. The number of carbonyl (C=O) groups excluding carboxylic acids is 3. The van der Waals surface area contributed by atoms with E-state index in [9.17, 15) is 14.4 Å². The lowest BCUT2D eigenvalue weighted by Crippen LogP contribution is -2.55. The molecule has 7 nitrogen and oxygen atoms in total. The number of nitrogens with one attached hydrogen (secondary N) is 1. The van der Waals surface area contributed by atoms with Crippen molar-refractivity contribution in [2.24, 2.45) is 0 Å². The summed E-state index contributed by atoms with van der Waals surface area (Å²) in [7, 11) is 0. The van der Waals surface area contributed by atoms with Crippen LogP contribution in [-0.2, 0) is 14.3 Å². The molecule has 0 spiro atoms. The summed E-state index contributed by atoms with van der Waals surface area (Å²) in [6.45, 7) is 6.13. The highest BCUT2D eigenvalue weighted by Gasteiger charge is 2.37. The van der Waals surface area contributed by atoms with Gasteiger partial charge in [0.1, 0.15) is 5.57 Å². The summed E-state index contributed by atoms with van der Waals surface area (Å²) in [5.41, 5.74) is 2.42. The number of imide groups is 2. The molecule has 0 aliphatic carbocycles. The van der Waals surface area contributed by atoms with Crippen molar-refractivity contribution in [1.82, 2.24) is 10.2 Å². The molecule has 2 aliphatic rings. The molecule has 3 rings (SSSR count). The van der Waals surface area contributed by atoms with Gasteiger partial charge < -0.3 is 9.64 Å². The van der Waals surface area contributed by atoms with Crippen LogP contribution >= 0.6 is 0 Å². The fourth-order valence-electron chi connectivity index (χ4n) is 2.63. The van der Waals surface area contributed by atoms with Gasteiger partial charge in [0, 0.05) is 19.3 Å². The first kappa shape index (κ1) is 16.2. The van der Waals surface area contributed by atoms with Crippen molar-refractivity contribution in [1.29, 1.82) is 0 Å². The lowest BCUT2D eigenvalue weighted by Gasteiger charge is -2.30. The third kappa shape index (κ3) is 3.03. The van der Waals surface area contributed by atoms with Crippen LogP contribution in [0.25, 0.3) is 0 Å². The van der Waals surface area contributed by atoms with E-state index in [0.29, 0.717) is 32.0 Å². The topological polar surface area (TPSA) is 79.0 Å². The zero-order valence-corrected chi connectivity index (χ0v) is 13.7. The quantitative estimate of drug-likeness (QED) is 0.649. The minimum atomic E-state index is -0.729. The van der Waals surface area contributed by atoms with Gasteiger partial charge in [-0.15, -0.1) is 0 Å². The molecule has 0 aromatic heterocycles. The number of nitrogens with zero attached hydrogens (tertiary/aromatic N) is 2. The maximum atomic E-state index is 12.7. The summed E-state index contributed by atoms with van der Waals surface area (Å²) in [6, 6.07) is 4.57. The van der Waals surface area contributed by atoms with Crippen molar-refractivity contribution in [3.05, 3.63) is 41.1 Å². The van der Waals surface area contributed by atoms with Gasteiger partial charge in [-0.25, -0.2) is 9.69 Å². The molecule has 2 fully saturated rings. The molecule has 2 heterocycles. The Morgan fingerprint density at radius 3 is 2.46 bits per heavy atom. The van der Waals surface area contributed by atoms with Gasteiger partial charge in [0.15, 0.2) is 0 Å². The second kappa shape index (κ2) is 6.45. The van der Waals surface area contributed by atoms with Crippen LogP contribution < -0.4 is 10.2 Å². The Morgan fingerprint density at radius 1 is 1.08 bits per heavy atom. The zero-order chi connectivity index (χ0) is 17.3. The number of amides is 4. The Balaban J connectivity index is 1.93. The molecular weight excluding hydrogens is 310 g/mol. The number of morpholine rings is 1. The zero-order valence-electron chi connectivity index (χ0n) is 13.7. The minimum Gasteiger partial charge on any atom is -0.378 e. The van der Waals surface area contributed by atoms with E-state index in [0.717, 1.165) is 16.0 Å². The highest BCUT2D eigenvalue weighted by molar-refractivity contribution is 6.37. The number of ether oxygens (including phenoxy) is 1. The normalized spacial score (nSPS) is 20.6. The summed E-state index contributed by atoms with van der Waals surface area (Å²) < 4.78 is 5.25. The number of anilines is 1. The number of aryl methyl sites for hydroxylation is 2. The Morgan fingerprint density at radius 2 is 1.79 bits per heavy atom. The number of rotatable bonds is 2. The van der Waals surface area contributed by atoms with Crippen molar-refractivity contribution >= 4 is 23.5 Å². The molecule has 1 aromatic rings. The van der Waals surface area contributed by atoms with Crippen molar-refractivity contribution in [2.45, 2.75) is 13.8 Å². The summed E-state index contributed by atoms with van der Waals surface area (Å²) in [5.74, 6) is -1.28. The first-order chi connectivity index (χ1) is 11.5. The number of barbiturate groups is 1. The van der Waals surface area contributed by atoms with Crippen LogP contribution in [0.5, 0.6) is 0 Å². The lowest BCUT2D eigenvalue weighted by atomic mass is 10.1. The highest BCUT2D eigenvalue weighted by atomic mass is 16.5. The van der Waals surface area contributed by atoms with Gasteiger partial charge in [-0.3, -0.25) is 14.9 Å². The van der Waals surface area contributed by atoms with Crippen LogP contribution in [0.2, 0.25) is 0 Å². The van der Waals surface area contributed by atoms with E-state index in [1.54, 1.807) is 12.1 Å². The summed E-state index contributed by atoms with van der Waals surface area (Å²) in [6.07, 6.45) is 1.51. The molecule has 0 unspecified atom stereocenters. The van der Waals surface area contributed by atoms with Crippen LogP contribution in [0.1, 0.15) is 11.1 Å². The minimum absolute atomic E-state index is 0.0465. The predicted octanol–water partition coefficient (Wildman–Crippen LogP) is 1.10. The first-order valence-electron chi connectivity index (χ1n) is 7.78. The highest BCUT2D eigenvalue weighted by Crippen LogP contribution is 2.23. The first-order valence-corrected chi connectivity index (χ1v) is 7.78. The van der Waals surface area contributed by atoms with Gasteiger partial charge >= 0.3 is 6.03 Å². The van der Waals surface area contributed by atoms with Gasteiger partial charge in [-0.1, -0.05) is 6.07 Å². The molecule has 1 N–H and O–H groups in total. The van der Waals surface area contributed by atoms with Gasteiger partial charge in [-0.05, 0) is 37.1 Å². The van der Waals surface area contributed by atoms with Gasteiger partial charge in [0.25, 0.3) is 11.8 Å². The van der Waals surface area contributed by atoms with E-state index in [-0.39, 0.29) is 5.57 Å². The summed E-state index contributed by atoms with van der Waals surface area (Å²) >= 11 is 0. The van der Waals surface area contributed by atoms with Crippen molar-refractivity contribution < 1.29 is 19.1 Å². The lowest BCUT2D eigenvalue weighted by molar-refractivity contribution is -0.122. The molecule has 1 aromatic carbocycles. The summed E-state index contributed by atoms with van der Waals surface area (Å²) in [5, 5.41) is 2.23. The number of carbonyl (C=O) groups is 3. The molecule has 0 atom stereocenters. The fraction of sp³-hybridized carbons (Fsp3) is 0.353.